The predicted molar refractivity (Wildman–Crippen MR) is 353 cm³/mol. The van der Waals surface area contributed by atoms with Gasteiger partial charge in [0.25, 0.3) is 0 Å². The highest BCUT2D eigenvalue weighted by molar-refractivity contribution is 7.81. The number of amides is 4. The van der Waals surface area contributed by atoms with Crippen LogP contribution in [0.25, 0.3) is 0 Å². The monoisotopic (exact) mass is 1840 g/mol. The predicted octanol–water partition coefficient (Wildman–Crippen LogP) is -17.0. The number of hydrogen-bond donors (Lipinski definition) is 25. The summed E-state index contributed by atoms with van der Waals surface area (Å²) in [5.74, 6) is -14.4. The first-order chi connectivity index (χ1) is 55.5. The van der Waals surface area contributed by atoms with Crippen LogP contribution < -0.4 is 21.3 Å². The van der Waals surface area contributed by atoms with Crippen molar-refractivity contribution < 1.29 is 265 Å². The summed E-state index contributed by atoms with van der Waals surface area (Å²) in [6, 6.07) is -8.97. The van der Waals surface area contributed by atoms with Gasteiger partial charge in [-0.15, -0.1) is 0 Å². The number of rotatable bonds is 34. The van der Waals surface area contributed by atoms with E-state index in [9.17, 15) is 172 Å². The van der Waals surface area contributed by atoms with E-state index in [-0.39, 0.29) is 0 Å². The lowest BCUT2D eigenvalue weighted by Crippen LogP contribution is -2.71. The van der Waals surface area contributed by atoms with Crippen molar-refractivity contribution in [3.63, 3.8) is 0 Å². The fourth-order valence-corrected chi connectivity index (χ4v) is 14.5. The molecule has 120 heavy (non-hydrogen) atoms. The Kier molecular flexibility index (Phi) is 33.3. The molecule has 64 heteroatoms. The maximum absolute atomic E-state index is 13.4. The molecule has 8 aliphatic rings. The largest absolute Gasteiger partial charge is 0.479 e. The van der Waals surface area contributed by atoms with E-state index in [0.29, 0.717) is 19.9 Å². The van der Waals surface area contributed by atoms with E-state index in [1.165, 1.54) is 0 Å². The molecule has 8 aliphatic heterocycles. The summed E-state index contributed by atoms with van der Waals surface area (Å²) in [4.78, 5) is 103. The molecule has 0 spiro atoms. The number of aliphatic hydroxyl groups excluding tert-OH is 13. The number of carbonyl (C=O) groups excluding carboxylic acids is 4. The summed E-state index contributed by atoms with van der Waals surface area (Å²) in [7, 11) is -22.1. The number of aliphatic hydroxyl groups is 13. The normalized spacial score (nSPS) is 41.6. The zero-order chi connectivity index (χ0) is 89.9. The van der Waals surface area contributed by atoms with Crippen LogP contribution in [0.15, 0.2) is 11.8 Å². The molecule has 4 amide bonds. The van der Waals surface area contributed by atoms with Gasteiger partial charge >= 0.3 is 65.5 Å². The van der Waals surface area contributed by atoms with Gasteiger partial charge in [-0.05, 0) is 6.08 Å². The molecule has 7 fully saturated rings. The fourth-order valence-electron chi connectivity index (χ4n) is 13.3. The Morgan fingerprint density at radius 1 is 0.317 bits per heavy atom. The average Bonchev–Trinajstić information content (AvgIpc) is 0.546. The molecule has 25 N–H and O–H groups in total. The van der Waals surface area contributed by atoms with Crippen LogP contribution in [-0.4, -0.2) is 446 Å². The van der Waals surface area contributed by atoms with Crippen LogP contribution in [0, 0.1) is 0 Å². The van der Waals surface area contributed by atoms with Gasteiger partial charge in [-0.25, -0.2) is 35.9 Å². The van der Waals surface area contributed by atoms with E-state index in [2.05, 4.69) is 38.0 Å². The third kappa shape index (κ3) is 25.1. The second-order valence-electron chi connectivity index (χ2n) is 27.2. The Bertz CT molecular complexity index is 4140. The van der Waals surface area contributed by atoms with Crippen molar-refractivity contribution in [3.05, 3.63) is 11.8 Å². The van der Waals surface area contributed by atoms with Gasteiger partial charge in [0, 0.05) is 27.7 Å². The van der Waals surface area contributed by atoms with Crippen LogP contribution in [0.5, 0.6) is 0 Å². The van der Waals surface area contributed by atoms with Gasteiger partial charge in [-0.3, -0.25) is 37.4 Å². The lowest BCUT2D eigenvalue weighted by atomic mass is 9.93. The molecule has 688 valence electrons. The molecule has 38 atom stereocenters. The van der Waals surface area contributed by atoms with Crippen molar-refractivity contribution in [1.29, 1.82) is 0 Å². The van der Waals surface area contributed by atoms with Crippen LogP contribution >= 0.6 is 0 Å². The summed E-state index contributed by atoms with van der Waals surface area (Å²) < 4.78 is 233. The fraction of sp³-hybridized carbons (Fsp3) is 0.821. The highest BCUT2D eigenvalue weighted by Gasteiger charge is 2.62. The van der Waals surface area contributed by atoms with Gasteiger partial charge in [0.15, 0.2) is 62.3 Å². The molecular weight excluding hydrogens is 1750 g/mol. The number of hydrogen-bond acceptors (Lipinski definition) is 48. The lowest BCUT2D eigenvalue weighted by molar-refractivity contribution is -0.379. The maximum atomic E-state index is 13.4. The second-order valence-corrected chi connectivity index (χ2v) is 31.5. The first-order valence-electron chi connectivity index (χ1n) is 34.3. The lowest BCUT2D eigenvalue weighted by Gasteiger charge is -2.51. The summed E-state index contributed by atoms with van der Waals surface area (Å²) >= 11 is 0. The molecule has 60 nitrogen and oxygen atoms in total. The molecule has 8 heterocycles. The van der Waals surface area contributed by atoms with Crippen LogP contribution in [0.3, 0.4) is 0 Å². The Hall–Kier alpha value is -6.30. The molecule has 0 aliphatic carbocycles. The van der Waals surface area contributed by atoms with Gasteiger partial charge in [0.2, 0.25) is 35.7 Å². The van der Waals surface area contributed by atoms with E-state index >= 15 is 0 Å². The number of carbonyl (C=O) groups is 8. The van der Waals surface area contributed by atoms with Crippen molar-refractivity contribution in [2.75, 3.05) is 26.4 Å². The van der Waals surface area contributed by atoms with Crippen molar-refractivity contribution in [2.45, 2.75) is 261 Å². The first-order valence-corrected chi connectivity index (χ1v) is 39.8. The highest BCUT2D eigenvalue weighted by atomic mass is 32.3. The molecule has 0 radical (unpaired) electrons. The third-order valence-corrected chi connectivity index (χ3v) is 20.3. The van der Waals surface area contributed by atoms with Crippen molar-refractivity contribution >= 4 is 89.1 Å². The minimum atomic E-state index is -5.65. The van der Waals surface area contributed by atoms with E-state index < -0.39 is 354 Å². The van der Waals surface area contributed by atoms with Crippen molar-refractivity contribution in [2.24, 2.45) is 0 Å². The van der Waals surface area contributed by atoms with Crippen LogP contribution in [0.4, 0.5) is 0 Å². The van der Waals surface area contributed by atoms with Crippen molar-refractivity contribution in [3.8, 4) is 0 Å². The Balaban J connectivity index is 1.08. The first kappa shape index (κ1) is 99.1. The van der Waals surface area contributed by atoms with Crippen LogP contribution in [0.1, 0.15) is 27.7 Å². The quantitative estimate of drug-likeness (QED) is 0.0266. The molecule has 0 bridgehead atoms. The number of aliphatic carboxylic acids is 4. The van der Waals surface area contributed by atoms with Gasteiger partial charge in [0.05, 0.1) is 26.4 Å². The number of carboxylic acid groups (broad SMARTS) is 4. The van der Waals surface area contributed by atoms with Crippen LogP contribution in [-0.2, 0) is 168 Å². The van der Waals surface area contributed by atoms with Crippen molar-refractivity contribution in [1.82, 2.24) is 21.3 Å². The van der Waals surface area contributed by atoms with E-state index in [4.69, 9.17) is 75.6 Å². The number of nitrogens with one attached hydrogen (secondary N) is 4. The van der Waals surface area contributed by atoms with E-state index in [1.807, 2.05) is 0 Å². The molecule has 0 aromatic rings. The summed E-state index contributed by atoms with van der Waals surface area (Å²) in [5.41, 5.74) is 0. The summed E-state index contributed by atoms with van der Waals surface area (Å²) in [5, 5.41) is 199. The Morgan fingerprint density at radius 2 is 0.558 bits per heavy atom. The van der Waals surface area contributed by atoms with E-state index in [0.717, 1.165) is 13.8 Å². The molecule has 8 rings (SSSR count). The molecular formula is C56H84N4O56S4. The minimum Gasteiger partial charge on any atom is -0.479 e. The van der Waals surface area contributed by atoms with Gasteiger partial charge in [-0.1, -0.05) is 0 Å². The maximum Gasteiger partial charge on any atom is 0.397 e. The standard InChI is InChI=1S/C56H84N4O56S4/c1-10(61)57-20-35(25(67)16(102-49(20)85)6-98-117(86,87)88)107-54-32(74)29(71)39(42(114-54)46(79)80)112-51-22(59-12(3)63)37(27(69)18(105-51)8-100-119(92,93)94)109-56-34(76)31(73)41(44(116-56)48(83)84)113-52-23(60-13(4)64)38(28(70)19(106-52)9-101-120(95,96)97)110-55-33(75)30(72)40(43(115-55)47(81)82)111-50-21(58-11(2)62)36(26(68)17(104-50)7-99-118(89,90)91)108-53-24(66)14(65)5-15(103-53)45(77)78/h5,14,16-44,49-56,65-76,85H,6-9H2,1-4H3,(H,57,61)(H,58,62)(H,59,63)(H,60,64)(H,77,78)(H,79,80)(H,81,82)(H,83,84)(H,86,87,88)(H,89,90,91)(H,92,93,94)(H,95,96,97)/t14-,16+,17+,18+,19+,20+,21+,22+,23+,24+,25-,26-,27-,28-,29+,30+,31+,32+,33+,34+,35+,36+,37+,38+,39-,40-,41-,42-,43-,44-,49?,50-,51-,52-,53-,54+,55+,56+/m0/s1. The topological polar surface area (TPSA) is 921 Å². The molecule has 1 unspecified atom stereocenters. The van der Waals surface area contributed by atoms with Crippen LogP contribution in [0.2, 0.25) is 0 Å². The Morgan fingerprint density at radius 3 is 0.808 bits per heavy atom. The second kappa shape index (κ2) is 40.3. The van der Waals surface area contributed by atoms with Gasteiger partial charge in [-0.2, -0.15) is 33.7 Å². The number of carboxylic acids is 4. The summed E-state index contributed by atoms with van der Waals surface area (Å²) in [6.07, 6.45) is -87.1. The zero-order valence-electron chi connectivity index (χ0n) is 61.2. The third-order valence-electron chi connectivity index (χ3n) is 18.5. The summed E-state index contributed by atoms with van der Waals surface area (Å²) in [6.45, 7) is -2.97. The number of ether oxygens (including phenoxy) is 15. The highest BCUT2D eigenvalue weighted by Crippen LogP contribution is 2.40. The molecule has 0 aromatic heterocycles. The molecule has 0 aromatic carbocycles. The van der Waals surface area contributed by atoms with Gasteiger partial charge < -0.3 is 179 Å². The van der Waals surface area contributed by atoms with Gasteiger partial charge in [0.1, 0.15) is 165 Å². The SMILES string of the molecule is CC(=O)N[C@H]1[C@H](O[C@H]2[C@H](O)[C@@H](O)[C@H](O[C@H]3[C@@H](O)[C@@H](COS(=O)(=O)O)O[C@@H](O[C@H]4[C@H](O)[C@@H](O)[C@H](O[C@H]5[C@@H](O)[C@@H](COS(=O)(=O)O)OC(O)[C@@H]5NC(C)=O)O[C@@H]4C(=O)O)[C@@H]3NC(C)=O)O[C@@H]2C(=O)O)O[C@H](COS(=O)(=O)O)[C@H](O)[C@@H]1O[C@@H]1O[C@H](C(=O)O)[C@@H](O[C@@H]2O[C@H](COS(=O)(=O)O)[C@H](O)[C@H](O[C@@H]3OC(C(=O)O)=C[C@H](O)[C@H]3O)[C@H]2NC(C)=O)[C@H](O)[C@H]1O. The average molecular weight is 1840 g/mol. The minimum absolute atomic E-state index is 0.490. The smallest absolute Gasteiger partial charge is 0.397 e. The Labute approximate surface area is 672 Å². The molecule has 7 saturated heterocycles. The van der Waals surface area contributed by atoms with E-state index in [1.54, 1.807) is 0 Å². The zero-order valence-corrected chi connectivity index (χ0v) is 64.4. The molecule has 0 saturated carbocycles.